The average molecular weight is 512 g/mol. The van der Waals surface area contributed by atoms with Crippen LogP contribution in [0.1, 0.15) is 11.4 Å². The number of nitrogens with zero attached hydrogens (tertiary/aromatic N) is 2. The largest absolute Gasteiger partial charge is 0.325 e. The molecule has 0 spiro atoms. The molecule has 13 heteroatoms. The Morgan fingerprint density at radius 3 is 2.44 bits per heavy atom. The topological polar surface area (TPSA) is 133 Å². The van der Waals surface area contributed by atoms with E-state index in [4.69, 9.17) is 0 Å². The highest BCUT2D eigenvalue weighted by atomic mass is 32.2. The van der Waals surface area contributed by atoms with E-state index in [0.29, 0.717) is 16.1 Å². The molecule has 32 heavy (non-hydrogen) atoms. The van der Waals surface area contributed by atoms with E-state index in [0.717, 1.165) is 27.5 Å². The van der Waals surface area contributed by atoms with Crippen LogP contribution in [-0.4, -0.2) is 38.3 Å². The number of hydrogen-bond donors (Lipinski definition) is 2. The molecule has 0 radical (unpaired) electrons. The van der Waals surface area contributed by atoms with Crippen LogP contribution in [-0.2, 0) is 31.6 Å². The summed E-state index contributed by atoms with van der Waals surface area (Å²) in [6.45, 7) is 0.430. The van der Waals surface area contributed by atoms with Crippen molar-refractivity contribution in [1.29, 1.82) is 0 Å². The number of fused-ring (bicyclic) bond motifs is 6. The zero-order valence-electron chi connectivity index (χ0n) is 16.1. The molecule has 0 saturated carbocycles. The van der Waals surface area contributed by atoms with E-state index in [1.54, 1.807) is 12.1 Å². The van der Waals surface area contributed by atoms with Crippen molar-refractivity contribution >= 4 is 71.6 Å². The van der Waals surface area contributed by atoms with Gasteiger partial charge in [-0.3, -0.25) is 9.11 Å². The van der Waals surface area contributed by atoms with Gasteiger partial charge in [-0.2, -0.15) is 21.4 Å². The van der Waals surface area contributed by atoms with Crippen molar-refractivity contribution in [1.82, 2.24) is 0 Å². The zero-order chi connectivity index (χ0) is 22.8. The fourth-order valence-corrected chi connectivity index (χ4v) is 7.51. The van der Waals surface area contributed by atoms with Crippen LogP contribution in [0.25, 0.3) is 16.3 Å². The molecule has 0 bridgehead atoms. The number of thioether (sulfide) groups is 1. The molecule has 2 N–H and O–H groups in total. The Morgan fingerprint density at radius 2 is 1.75 bits per heavy atom. The van der Waals surface area contributed by atoms with Gasteiger partial charge in [-0.1, -0.05) is 23.1 Å². The normalized spacial score (nSPS) is 18.0. The van der Waals surface area contributed by atoms with Gasteiger partial charge in [0.1, 0.15) is 17.0 Å². The summed E-state index contributed by atoms with van der Waals surface area (Å²) < 4.78 is 67.5. The van der Waals surface area contributed by atoms with Gasteiger partial charge in [0.25, 0.3) is 25.2 Å². The standard InChI is InChI=1S/C19H14N2O7S4/c22-6-5-11-10-20-14-3-1-12(31(23,24)25)7-16(14)29-18(20)9-19-21(11)15-4-2-13(32(26,27)28)8-17(15)30-19/h1-4,6-9,11H,5,10H2,(H-,23,24,25,26,27,28)/p+1. The van der Waals surface area contributed by atoms with Crippen LogP contribution in [0.2, 0.25) is 0 Å². The Bertz CT molecular complexity index is 1540. The summed E-state index contributed by atoms with van der Waals surface area (Å²) in [7, 11) is -8.68. The van der Waals surface area contributed by atoms with Crippen LogP contribution in [0.4, 0.5) is 5.69 Å². The first-order valence-electron chi connectivity index (χ1n) is 9.24. The molecule has 166 valence electrons. The van der Waals surface area contributed by atoms with E-state index in [1.807, 2.05) is 15.5 Å². The predicted octanol–water partition coefficient (Wildman–Crippen LogP) is 2.56. The van der Waals surface area contributed by atoms with Crippen LogP contribution < -0.4 is 9.47 Å². The number of benzene rings is 2. The Labute approximate surface area is 191 Å². The van der Waals surface area contributed by atoms with Gasteiger partial charge >= 0.3 is 0 Å². The summed E-state index contributed by atoms with van der Waals surface area (Å²) in [6.07, 6.45) is 2.94. The van der Waals surface area contributed by atoms with Crippen LogP contribution in [0, 0.1) is 0 Å². The molecule has 1 aromatic heterocycles. The molecule has 1 atom stereocenters. The number of anilines is 1. The number of aromatic nitrogens is 1. The third-order valence-corrected chi connectivity index (χ3v) is 9.18. The van der Waals surface area contributed by atoms with Crippen LogP contribution in [0.15, 0.2) is 56.1 Å². The molecular weight excluding hydrogens is 496 g/mol. The molecule has 1 unspecified atom stereocenters. The minimum atomic E-state index is -4.35. The maximum Gasteiger partial charge on any atom is 0.294 e. The van der Waals surface area contributed by atoms with Crippen molar-refractivity contribution < 1.29 is 35.3 Å². The molecule has 2 aromatic carbocycles. The molecule has 3 heterocycles. The lowest BCUT2D eigenvalue weighted by atomic mass is 10.1. The van der Waals surface area contributed by atoms with Crippen molar-refractivity contribution in [3.05, 3.63) is 46.4 Å². The molecular formula is C19H15N2O7S4+. The van der Waals surface area contributed by atoms with E-state index in [1.165, 1.54) is 47.4 Å². The predicted molar refractivity (Wildman–Crippen MR) is 119 cm³/mol. The highest BCUT2D eigenvalue weighted by molar-refractivity contribution is 8.04. The van der Waals surface area contributed by atoms with Gasteiger partial charge in [-0.05, 0) is 30.3 Å². The number of carbonyl (C=O) groups is 1. The Kier molecular flexibility index (Phi) is 4.96. The minimum absolute atomic E-state index is 0.193. The quantitative estimate of drug-likeness (QED) is 0.308. The third kappa shape index (κ3) is 3.54. The van der Waals surface area contributed by atoms with Gasteiger partial charge in [0.2, 0.25) is 5.52 Å². The highest BCUT2D eigenvalue weighted by Gasteiger charge is 2.39. The first kappa shape index (κ1) is 21.6. The van der Waals surface area contributed by atoms with Gasteiger partial charge in [0.15, 0.2) is 6.54 Å². The number of rotatable bonds is 4. The van der Waals surface area contributed by atoms with Crippen molar-refractivity contribution in [2.75, 3.05) is 4.90 Å². The molecule has 2 aliphatic heterocycles. The van der Waals surface area contributed by atoms with E-state index in [-0.39, 0.29) is 22.3 Å². The molecule has 0 aliphatic carbocycles. The van der Waals surface area contributed by atoms with Gasteiger partial charge in [-0.15, -0.1) is 0 Å². The van der Waals surface area contributed by atoms with Crippen molar-refractivity contribution in [3.8, 4) is 0 Å². The SMILES string of the molecule is O=CCC1C[n+]2c(sc3cc(S(=O)(=O)O)ccc32)C=C2Sc3cc(S(=O)(=O)O)ccc3N21. The third-order valence-electron chi connectivity index (χ3n) is 5.31. The lowest BCUT2D eigenvalue weighted by Gasteiger charge is -2.26. The number of hydrogen-bond acceptors (Lipinski definition) is 8. The number of aldehydes is 1. The average Bonchev–Trinajstić information content (AvgIpc) is 3.19. The Morgan fingerprint density at radius 1 is 1.06 bits per heavy atom. The van der Waals surface area contributed by atoms with Crippen LogP contribution in [0.5, 0.6) is 0 Å². The minimum Gasteiger partial charge on any atom is -0.325 e. The lowest BCUT2D eigenvalue weighted by Crippen LogP contribution is -2.46. The fraction of sp³-hybridized carbons (Fsp3) is 0.158. The summed E-state index contributed by atoms with van der Waals surface area (Å²) in [5.74, 6) is 0. The van der Waals surface area contributed by atoms with Crippen LogP contribution >= 0.6 is 23.1 Å². The Balaban J connectivity index is 1.67. The van der Waals surface area contributed by atoms with Crippen molar-refractivity contribution in [2.45, 2.75) is 33.7 Å². The fourth-order valence-electron chi connectivity index (χ4n) is 3.92. The van der Waals surface area contributed by atoms with Crippen molar-refractivity contribution in [3.63, 3.8) is 0 Å². The van der Waals surface area contributed by atoms with Crippen molar-refractivity contribution in [2.24, 2.45) is 0 Å². The summed E-state index contributed by atoms with van der Waals surface area (Å²) in [4.78, 5) is 13.7. The zero-order valence-corrected chi connectivity index (χ0v) is 19.3. The molecule has 3 aromatic rings. The maximum absolute atomic E-state index is 11.5. The van der Waals surface area contributed by atoms with Crippen LogP contribution in [0.3, 0.4) is 0 Å². The molecule has 0 amide bonds. The summed E-state index contributed by atoms with van der Waals surface area (Å²) >= 11 is 2.67. The summed E-state index contributed by atoms with van der Waals surface area (Å²) in [6, 6.07) is 8.46. The molecule has 5 rings (SSSR count). The second-order valence-electron chi connectivity index (χ2n) is 7.27. The van der Waals surface area contributed by atoms with E-state index >= 15 is 0 Å². The van der Waals surface area contributed by atoms with Gasteiger partial charge in [-0.25, -0.2) is 0 Å². The first-order chi connectivity index (χ1) is 15.1. The summed E-state index contributed by atoms with van der Waals surface area (Å²) in [5, 5.41) is 1.60. The Hall–Kier alpha value is -2.29. The monoisotopic (exact) mass is 511 g/mol. The lowest BCUT2D eigenvalue weighted by molar-refractivity contribution is -0.670. The van der Waals surface area contributed by atoms with E-state index in [9.17, 15) is 30.7 Å². The number of thiazole rings is 1. The van der Waals surface area contributed by atoms with E-state index < -0.39 is 20.2 Å². The van der Waals surface area contributed by atoms with Gasteiger partial charge in [0.05, 0.1) is 26.6 Å². The molecule has 2 aliphatic rings. The van der Waals surface area contributed by atoms with E-state index in [2.05, 4.69) is 0 Å². The maximum atomic E-state index is 11.5. The molecule has 9 nitrogen and oxygen atoms in total. The smallest absolute Gasteiger partial charge is 0.294 e. The van der Waals surface area contributed by atoms with Gasteiger partial charge in [0, 0.05) is 17.4 Å². The second kappa shape index (κ2) is 7.37. The van der Waals surface area contributed by atoms with Gasteiger partial charge < -0.3 is 9.69 Å². The molecule has 0 saturated heterocycles. The summed E-state index contributed by atoms with van der Waals surface area (Å²) in [5.41, 5.74) is 1.52. The first-order valence-corrected chi connectivity index (χ1v) is 13.8. The highest BCUT2D eigenvalue weighted by Crippen LogP contribution is 2.50. The second-order valence-corrected chi connectivity index (χ2v) is 12.2. The number of carbonyl (C=O) groups excluding carboxylic acids is 1. The molecule has 0 fully saturated rings.